The fourth-order valence-electron chi connectivity index (χ4n) is 2.18. The van der Waals surface area contributed by atoms with Crippen LogP contribution in [0.1, 0.15) is 25.8 Å². The molecule has 1 fully saturated rings. The average Bonchev–Trinajstić information content (AvgIpc) is 2.67. The van der Waals surface area contributed by atoms with Gasteiger partial charge in [-0.25, -0.2) is 0 Å². The number of ether oxygens (including phenoxy) is 1. The third kappa shape index (κ3) is 1.44. The molecule has 82 valence electrons. The molecule has 15 heavy (non-hydrogen) atoms. The number of para-hydroxylation sites is 1. The van der Waals surface area contributed by atoms with Gasteiger partial charge in [0.05, 0.1) is 17.7 Å². The maximum Gasteiger partial charge on any atom is 0.142 e. The lowest BCUT2D eigenvalue weighted by molar-refractivity contribution is 0.396. The van der Waals surface area contributed by atoms with Crippen molar-refractivity contribution < 1.29 is 4.74 Å². The Balaban J connectivity index is 2.51. The summed E-state index contributed by atoms with van der Waals surface area (Å²) in [5, 5.41) is 0.627. The molecule has 1 aliphatic carbocycles. The number of methoxy groups -OCH3 is 1. The molecule has 0 radical (unpaired) electrons. The van der Waals surface area contributed by atoms with Crippen molar-refractivity contribution in [1.82, 2.24) is 0 Å². The lowest BCUT2D eigenvalue weighted by atomic mass is 9.96. The maximum absolute atomic E-state index is 6.35. The van der Waals surface area contributed by atoms with E-state index < -0.39 is 0 Å². The van der Waals surface area contributed by atoms with Gasteiger partial charge in [-0.1, -0.05) is 37.6 Å². The second kappa shape index (κ2) is 3.13. The molecule has 0 bridgehead atoms. The summed E-state index contributed by atoms with van der Waals surface area (Å²) in [6.07, 6.45) is 0.969. The Hall–Kier alpha value is -0.730. The number of nitrogens with two attached hydrogens (primary N) is 1. The van der Waals surface area contributed by atoms with Gasteiger partial charge in [-0.2, -0.15) is 0 Å². The van der Waals surface area contributed by atoms with E-state index >= 15 is 0 Å². The van der Waals surface area contributed by atoms with Crippen molar-refractivity contribution in [2.45, 2.75) is 25.8 Å². The van der Waals surface area contributed by atoms with Crippen LogP contribution in [-0.2, 0) is 5.54 Å². The highest BCUT2D eigenvalue weighted by Crippen LogP contribution is 2.62. The molecule has 2 rings (SSSR count). The SMILES string of the molecule is COc1c(Cl)cccc1C1(N)CC1(C)C. The zero-order valence-electron chi connectivity index (χ0n) is 9.30. The van der Waals surface area contributed by atoms with Gasteiger partial charge in [0.15, 0.2) is 0 Å². The van der Waals surface area contributed by atoms with E-state index in [4.69, 9.17) is 22.1 Å². The van der Waals surface area contributed by atoms with Crippen LogP contribution in [0.15, 0.2) is 18.2 Å². The highest BCUT2D eigenvalue weighted by atomic mass is 35.5. The van der Waals surface area contributed by atoms with Crippen molar-refractivity contribution in [3.05, 3.63) is 28.8 Å². The predicted molar refractivity (Wildman–Crippen MR) is 62.3 cm³/mol. The minimum absolute atomic E-state index is 0.130. The summed E-state index contributed by atoms with van der Waals surface area (Å²) in [4.78, 5) is 0. The highest BCUT2D eigenvalue weighted by Gasteiger charge is 2.60. The minimum Gasteiger partial charge on any atom is -0.495 e. The van der Waals surface area contributed by atoms with Crippen molar-refractivity contribution >= 4 is 11.6 Å². The summed E-state index contributed by atoms with van der Waals surface area (Å²) in [6.45, 7) is 4.32. The first-order valence-electron chi connectivity index (χ1n) is 5.04. The third-order valence-electron chi connectivity index (χ3n) is 3.46. The van der Waals surface area contributed by atoms with Gasteiger partial charge in [0.25, 0.3) is 0 Å². The van der Waals surface area contributed by atoms with E-state index in [1.54, 1.807) is 7.11 Å². The van der Waals surface area contributed by atoms with Crippen molar-refractivity contribution in [3.63, 3.8) is 0 Å². The summed E-state index contributed by atoms with van der Waals surface area (Å²) < 4.78 is 5.32. The Bertz CT molecular complexity index is 403. The number of hydrogen-bond acceptors (Lipinski definition) is 2. The first-order chi connectivity index (χ1) is 6.92. The Labute approximate surface area is 95.4 Å². The minimum atomic E-state index is -0.288. The molecule has 1 aliphatic rings. The summed E-state index contributed by atoms with van der Waals surface area (Å²) >= 11 is 6.08. The van der Waals surface area contributed by atoms with E-state index in [1.807, 2.05) is 18.2 Å². The third-order valence-corrected chi connectivity index (χ3v) is 3.75. The molecule has 0 saturated heterocycles. The summed E-state index contributed by atoms with van der Waals surface area (Å²) in [5.41, 5.74) is 7.21. The van der Waals surface area contributed by atoms with Crippen molar-refractivity contribution in [3.8, 4) is 5.75 Å². The van der Waals surface area contributed by atoms with Gasteiger partial charge >= 0.3 is 0 Å². The van der Waals surface area contributed by atoms with Crippen LogP contribution in [-0.4, -0.2) is 7.11 Å². The monoisotopic (exact) mass is 225 g/mol. The normalized spacial score (nSPS) is 27.5. The molecule has 1 aromatic rings. The van der Waals surface area contributed by atoms with Crippen molar-refractivity contribution in [2.75, 3.05) is 7.11 Å². The van der Waals surface area contributed by atoms with E-state index in [0.717, 1.165) is 12.0 Å². The molecule has 1 unspecified atom stereocenters. The van der Waals surface area contributed by atoms with Crippen LogP contribution in [0, 0.1) is 5.41 Å². The Morgan fingerprint density at radius 3 is 2.47 bits per heavy atom. The van der Waals surface area contributed by atoms with Crippen molar-refractivity contribution in [2.24, 2.45) is 11.1 Å². The Morgan fingerprint density at radius 2 is 2.00 bits per heavy atom. The second-order valence-corrected chi connectivity index (χ2v) is 5.26. The molecule has 1 atom stereocenters. The quantitative estimate of drug-likeness (QED) is 0.840. The standard InChI is InChI=1S/C12H16ClNO/c1-11(2)7-12(11,14)8-5-4-6-9(13)10(8)15-3/h4-6H,7,14H2,1-3H3. The molecule has 1 aromatic carbocycles. The first kappa shape index (κ1) is 10.8. The van der Waals surface area contributed by atoms with Gasteiger partial charge in [-0.3, -0.25) is 0 Å². The summed E-state index contributed by atoms with van der Waals surface area (Å²) in [5.74, 6) is 0.715. The molecule has 0 aliphatic heterocycles. The zero-order chi connectivity index (χ0) is 11.3. The van der Waals surface area contributed by atoms with Crippen LogP contribution in [0.25, 0.3) is 0 Å². The van der Waals surface area contributed by atoms with Gasteiger partial charge in [-0.05, 0) is 17.9 Å². The molecule has 3 heteroatoms. The molecule has 0 aromatic heterocycles. The van der Waals surface area contributed by atoms with Gasteiger partial charge in [0, 0.05) is 5.56 Å². The molecule has 2 nitrogen and oxygen atoms in total. The van der Waals surface area contributed by atoms with Crippen LogP contribution < -0.4 is 10.5 Å². The van der Waals surface area contributed by atoms with E-state index in [9.17, 15) is 0 Å². The molecule has 0 amide bonds. The number of halogens is 1. The topological polar surface area (TPSA) is 35.2 Å². The van der Waals surface area contributed by atoms with E-state index in [1.165, 1.54) is 0 Å². The molecular formula is C12H16ClNO. The molecule has 0 spiro atoms. The summed E-state index contributed by atoms with van der Waals surface area (Å²) in [7, 11) is 1.63. The lowest BCUT2D eigenvalue weighted by Gasteiger charge is -2.19. The Kier molecular flexibility index (Phi) is 2.25. The average molecular weight is 226 g/mol. The smallest absolute Gasteiger partial charge is 0.142 e. The van der Waals surface area contributed by atoms with Crippen LogP contribution in [0.3, 0.4) is 0 Å². The van der Waals surface area contributed by atoms with Gasteiger partial charge in [-0.15, -0.1) is 0 Å². The lowest BCUT2D eigenvalue weighted by Crippen LogP contribution is -2.26. The van der Waals surface area contributed by atoms with E-state index in [0.29, 0.717) is 10.8 Å². The van der Waals surface area contributed by atoms with Crippen LogP contribution in [0.2, 0.25) is 5.02 Å². The number of hydrogen-bond donors (Lipinski definition) is 1. The highest BCUT2D eigenvalue weighted by molar-refractivity contribution is 6.32. The van der Waals surface area contributed by atoms with Crippen molar-refractivity contribution in [1.29, 1.82) is 0 Å². The predicted octanol–water partition coefficient (Wildman–Crippen LogP) is 2.93. The molecule has 0 heterocycles. The van der Waals surface area contributed by atoms with Crippen LogP contribution in [0.5, 0.6) is 5.75 Å². The van der Waals surface area contributed by atoms with Crippen LogP contribution in [0.4, 0.5) is 0 Å². The first-order valence-corrected chi connectivity index (χ1v) is 5.42. The van der Waals surface area contributed by atoms with Crippen LogP contribution >= 0.6 is 11.6 Å². The maximum atomic E-state index is 6.35. The largest absolute Gasteiger partial charge is 0.495 e. The number of rotatable bonds is 2. The fraction of sp³-hybridized carbons (Fsp3) is 0.500. The molecular weight excluding hydrogens is 210 g/mol. The van der Waals surface area contributed by atoms with Gasteiger partial charge in [0.1, 0.15) is 5.75 Å². The summed E-state index contributed by atoms with van der Waals surface area (Å²) in [6, 6.07) is 5.74. The van der Waals surface area contributed by atoms with E-state index in [2.05, 4.69) is 13.8 Å². The molecule has 1 saturated carbocycles. The zero-order valence-corrected chi connectivity index (χ0v) is 10.1. The fourth-order valence-corrected chi connectivity index (χ4v) is 2.43. The van der Waals surface area contributed by atoms with Gasteiger partial charge in [0.2, 0.25) is 0 Å². The number of benzene rings is 1. The molecule has 2 N–H and O–H groups in total. The Morgan fingerprint density at radius 1 is 1.40 bits per heavy atom. The van der Waals surface area contributed by atoms with Gasteiger partial charge < -0.3 is 10.5 Å². The second-order valence-electron chi connectivity index (χ2n) is 4.85. The van der Waals surface area contributed by atoms with E-state index in [-0.39, 0.29) is 11.0 Å².